The van der Waals surface area contributed by atoms with Crippen LogP contribution in [0.3, 0.4) is 0 Å². The maximum atomic E-state index is 12.0. The molecular weight excluding hydrogens is 288 g/mol. The van der Waals surface area contributed by atoms with Gasteiger partial charge in [0.1, 0.15) is 10.9 Å². The molecule has 0 radical (unpaired) electrons. The van der Waals surface area contributed by atoms with E-state index in [9.17, 15) is 9.59 Å². The number of benzene rings is 1. The average Bonchev–Trinajstić information content (AvgIpc) is 2.38. The molecule has 5 heteroatoms. The molecule has 1 rings (SSSR count). The minimum atomic E-state index is -0.524. The average molecular weight is 310 g/mol. The number of thioether (sulfide) groups is 1. The Morgan fingerprint density at radius 1 is 1.19 bits per heavy atom. The first-order chi connectivity index (χ1) is 9.83. The van der Waals surface area contributed by atoms with Crippen LogP contribution in [0.1, 0.15) is 38.5 Å². The number of hydrogen-bond donors (Lipinski definition) is 0. The van der Waals surface area contributed by atoms with E-state index in [-0.39, 0.29) is 17.7 Å². The first-order valence-corrected chi connectivity index (χ1v) is 7.93. The largest absolute Gasteiger partial charge is 0.465 e. The Labute approximate surface area is 130 Å². The second-order valence-electron chi connectivity index (χ2n) is 5.44. The van der Waals surface area contributed by atoms with E-state index >= 15 is 0 Å². The summed E-state index contributed by atoms with van der Waals surface area (Å²) in [4.78, 5) is 23.8. The number of esters is 2. The molecule has 21 heavy (non-hydrogen) atoms. The minimum absolute atomic E-state index is 0.107. The van der Waals surface area contributed by atoms with Crippen molar-refractivity contribution < 1.29 is 19.1 Å². The molecule has 1 aromatic rings. The van der Waals surface area contributed by atoms with Gasteiger partial charge in [0, 0.05) is 0 Å². The number of carbonyl (C=O) groups excluding carboxylic acids is 2. The summed E-state index contributed by atoms with van der Waals surface area (Å²) in [7, 11) is 0. The lowest BCUT2D eigenvalue weighted by atomic mass is 10.1. The molecule has 1 atom stereocenters. The van der Waals surface area contributed by atoms with Crippen molar-refractivity contribution in [3.8, 4) is 0 Å². The van der Waals surface area contributed by atoms with E-state index in [2.05, 4.69) is 0 Å². The SMILES string of the molecule is CCOC(=O)C(SCC(=O)OC(C)(C)C)c1ccccc1. The summed E-state index contributed by atoms with van der Waals surface area (Å²) in [5.41, 5.74) is 0.300. The molecule has 0 saturated heterocycles. The zero-order valence-electron chi connectivity index (χ0n) is 12.9. The molecule has 0 saturated carbocycles. The Balaban J connectivity index is 2.71. The number of carbonyl (C=O) groups is 2. The monoisotopic (exact) mass is 310 g/mol. The maximum absolute atomic E-state index is 12.0. The summed E-state index contributed by atoms with van der Waals surface area (Å²) in [5, 5.41) is -0.515. The molecule has 0 aliphatic heterocycles. The molecule has 0 spiro atoms. The number of hydrogen-bond acceptors (Lipinski definition) is 5. The van der Waals surface area contributed by atoms with Gasteiger partial charge in [-0.3, -0.25) is 9.59 Å². The van der Waals surface area contributed by atoms with Crippen LogP contribution in [0.5, 0.6) is 0 Å². The minimum Gasteiger partial charge on any atom is -0.465 e. The molecule has 0 heterocycles. The van der Waals surface area contributed by atoms with Crippen LogP contribution in [0.25, 0.3) is 0 Å². The van der Waals surface area contributed by atoms with Gasteiger partial charge >= 0.3 is 11.9 Å². The van der Waals surface area contributed by atoms with Crippen molar-refractivity contribution in [1.29, 1.82) is 0 Å². The van der Waals surface area contributed by atoms with Crippen molar-refractivity contribution in [2.24, 2.45) is 0 Å². The predicted molar refractivity (Wildman–Crippen MR) is 84.1 cm³/mol. The highest BCUT2D eigenvalue weighted by atomic mass is 32.2. The normalized spacial score (nSPS) is 12.6. The van der Waals surface area contributed by atoms with Gasteiger partial charge in [-0.25, -0.2) is 0 Å². The fraction of sp³-hybridized carbons (Fsp3) is 0.500. The highest BCUT2D eigenvalue weighted by molar-refractivity contribution is 8.00. The lowest BCUT2D eigenvalue weighted by molar-refractivity contribution is -0.151. The van der Waals surface area contributed by atoms with Gasteiger partial charge in [-0.15, -0.1) is 11.8 Å². The number of ether oxygens (including phenoxy) is 2. The standard InChI is InChI=1S/C16H22O4S/c1-5-19-15(18)14(12-9-7-6-8-10-12)21-11-13(17)20-16(2,3)4/h6-10,14H,5,11H2,1-4H3. The molecule has 1 aromatic carbocycles. The van der Waals surface area contributed by atoms with E-state index in [4.69, 9.17) is 9.47 Å². The van der Waals surface area contributed by atoms with Crippen LogP contribution in [-0.2, 0) is 19.1 Å². The van der Waals surface area contributed by atoms with E-state index < -0.39 is 10.9 Å². The Morgan fingerprint density at radius 3 is 2.33 bits per heavy atom. The van der Waals surface area contributed by atoms with Gasteiger partial charge < -0.3 is 9.47 Å². The van der Waals surface area contributed by atoms with Crippen molar-refractivity contribution in [3.63, 3.8) is 0 Å². The molecule has 0 aliphatic rings. The molecule has 0 aliphatic carbocycles. The fourth-order valence-corrected chi connectivity index (χ4v) is 2.58. The van der Waals surface area contributed by atoms with Crippen LogP contribution in [0.4, 0.5) is 0 Å². The Morgan fingerprint density at radius 2 is 1.81 bits per heavy atom. The maximum Gasteiger partial charge on any atom is 0.323 e. The van der Waals surface area contributed by atoms with Gasteiger partial charge in [-0.05, 0) is 33.3 Å². The molecule has 0 N–H and O–H groups in total. The van der Waals surface area contributed by atoms with Crippen LogP contribution in [0, 0.1) is 0 Å². The van der Waals surface area contributed by atoms with Crippen molar-refractivity contribution >= 4 is 23.7 Å². The summed E-state index contributed by atoms with van der Waals surface area (Å²) >= 11 is 1.22. The van der Waals surface area contributed by atoms with Gasteiger partial charge in [0.05, 0.1) is 12.4 Å². The third-order valence-electron chi connectivity index (χ3n) is 2.39. The Kier molecular flexibility index (Phi) is 6.75. The molecule has 0 bridgehead atoms. The van der Waals surface area contributed by atoms with E-state index in [1.807, 2.05) is 51.1 Å². The van der Waals surface area contributed by atoms with E-state index in [0.717, 1.165) is 5.56 Å². The fourth-order valence-electron chi connectivity index (χ4n) is 1.67. The Bertz CT molecular complexity index is 465. The third-order valence-corrected chi connectivity index (χ3v) is 3.59. The van der Waals surface area contributed by atoms with E-state index in [0.29, 0.717) is 6.61 Å². The van der Waals surface area contributed by atoms with Gasteiger partial charge in [-0.1, -0.05) is 30.3 Å². The van der Waals surface area contributed by atoms with Crippen LogP contribution >= 0.6 is 11.8 Å². The van der Waals surface area contributed by atoms with Crippen LogP contribution in [0.2, 0.25) is 0 Å². The lowest BCUT2D eigenvalue weighted by Crippen LogP contribution is -2.25. The summed E-state index contributed by atoms with van der Waals surface area (Å²) in [6.07, 6.45) is 0. The summed E-state index contributed by atoms with van der Waals surface area (Å²) < 4.78 is 10.3. The van der Waals surface area contributed by atoms with E-state index in [1.165, 1.54) is 11.8 Å². The highest BCUT2D eigenvalue weighted by Gasteiger charge is 2.25. The zero-order chi connectivity index (χ0) is 15.9. The van der Waals surface area contributed by atoms with Crippen molar-refractivity contribution in [2.75, 3.05) is 12.4 Å². The third kappa shape index (κ3) is 6.67. The van der Waals surface area contributed by atoms with Crippen molar-refractivity contribution in [1.82, 2.24) is 0 Å². The first kappa shape index (κ1) is 17.6. The summed E-state index contributed by atoms with van der Waals surface area (Å²) in [6.45, 7) is 7.52. The molecular formula is C16H22O4S. The van der Waals surface area contributed by atoms with Crippen molar-refractivity contribution in [2.45, 2.75) is 38.5 Å². The van der Waals surface area contributed by atoms with Gasteiger partial charge in [0.15, 0.2) is 0 Å². The molecule has 0 aromatic heterocycles. The molecule has 116 valence electrons. The number of rotatable bonds is 6. The van der Waals surface area contributed by atoms with Gasteiger partial charge in [0.2, 0.25) is 0 Å². The molecule has 1 unspecified atom stereocenters. The summed E-state index contributed by atoms with van der Waals surface area (Å²) in [6, 6.07) is 9.29. The zero-order valence-corrected chi connectivity index (χ0v) is 13.7. The highest BCUT2D eigenvalue weighted by Crippen LogP contribution is 2.30. The molecule has 0 fully saturated rings. The first-order valence-electron chi connectivity index (χ1n) is 6.88. The second kappa shape index (κ2) is 8.08. The second-order valence-corrected chi connectivity index (χ2v) is 6.53. The molecule has 4 nitrogen and oxygen atoms in total. The lowest BCUT2D eigenvalue weighted by Gasteiger charge is -2.20. The topological polar surface area (TPSA) is 52.6 Å². The van der Waals surface area contributed by atoms with Crippen molar-refractivity contribution in [3.05, 3.63) is 35.9 Å². The van der Waals surface area contributed by atoms with Crippen LogP contribution in [0.15, 0.2) is 30.3 Å². The van der Waals surface area contributed by atoms with E-state index in [1.54, 1.807) is 6.92 Å². The quantitative estimate of drug-likeness (QED) is 0.754. The molecule has 0 amide bonds. The predicted octanol–water partition coefficient (Wildman–Crippen LogP) is 3.37. The van der Waals surface area contributed by atoms with Gasteiger partial charge in [-0.2, -0.15) is 0 Å². The summed E-state index contributed by atoms with van der Waals surface area (Å²) in [5.74, 6) is -0.565. The smallest absolute Gasteiger partial charge is 0.323 e. The van der Waals surface area contributed by atoms with Crippen LogP contribution in [-0.4, -0.2) is 29.9 Å². The van der Waals surface area contributed by atoms with Crippen LogP contribution < -0.4 is 0 Å². The van der Waals surface area contributed by atoms with Gasteiger partial charge in [0.25, 0.3) is 0 Å². The Hall–Kier alpha value is -1.49.